The second kappa shape index (κ2) is 5.97. The molecule has 1 N–H and O–H groups in total. The van der Waals surface area contributed by atoms with E-state index < -0.39 is 6.10 Å². The molecule has 0 spiro atoms. The fraction of sp³-hybridized carbons (Fsp3) is 0.667. The molecule has 2 heterocycles. The molecule has 3 rings (SSSR count). The lowest BCUT2D eigenvalue weighted by Crippen LogP contribution is -2.17. The molecule has 114 valence electrons. The van der Waals surface area contributed by atoms with Crippen LogP contribution >= 0.6 is 0 Å². The van der Waals surface area contributed by atoms with Crippen molar-refractivity contribution >= 4 is 0 Å². The van der Waals surface area contributed by atoms with Crippen LogP contribution in [0, 0.1) is 6.92 Å². The minimum absolute atomic E-state index is 0.426. The Bertz CT molecular complexity index is 599. The van der Waals surface area contributed by atoms with E-state index in [0.29, 0.717) is 30.5 Å². The summed E-state index contributed by atoms with van der Waals surface area (Å²) in [5, 5.41) is 14.6. The van der Waals surface area contributed by atoms with E-state index in [4.69, 9.17) is 4.42 Å². The molecule has 1 aliphatic rings. The molecular formula is C15H22N4O2. The molecule has 0 bridgehead atoms. The molecule has 6 heteroatoms. The fourth-order valence-electron chi connectivity index (χ4n) is 2.86. The van der Waals surface area contributed by atoms with Gasteiger partial charge in [0.05, 0.1) is 18.3 Å². The van der Waals surface area contributed by atoms with Crippen molar-refractivity contribution in [2.24, 2.45) is 0 Å². The Kier molecular flexibility index (Phi) is 4.05. The molecule has 0 aromatic carbocycles. The average molecular weight is 290 g/mol. The predicted octanol–water partition coefficient (Wildman–Crippen LogP) is 2.67. The first kappa shape index (κ1) is 14.3. The zero-order valence-corrected chi connectivity index (χ0v) is 12.6. The van der Waals surface area contributed by atoms with Crippen molar-refractivity contribution in [1.82, 2.24) is 19.7 Å². The highest BCUT2D eigenvalue weighted by atomic mass is 16.3. The maximum absolute atomic E-state index is 9.94. The molecule has 1 atom stereocenters. The number of aliphatic hydroxyl groups excluding tert-OH is 1. The zero-order valence-electron chi connectivity index (χ0n) is 12.6. The van der Waals surface area contributed by atoms with E-state index in [9.17, 15) is 5.11 Å². The summed E-state index contributed by atoms with van der Waals surface area (Å²) in [6.07, 6.45) is 6.47. The Balaban J connectivity index is 1.97. The smallest absolute Gasteiger partial charge is 0.196 e. The molecule has 1 saturated carbocycles. The van der Waals surface area contributed by atoms with Gasteiger partial charge in [-0.05, 0) is 26.2 Å². The third kappa shape index (κ3) is 2.85. The Morgan fingerprint density at radius 3 is 2.81 bits per heavy atom. The number of aliphatic hydroxyl groups is 1. The number of rotatable bonds is 5. The summed E-state index contributed by atoms with van der Waals surface area (Å²) in [6.45, 7) is 4.29. The molecule has 0 radical (unpaired) electrons. The molecule has 21 heavy (non-hydrogen) atoms. The van der Waals surface area contributed by atoms with Gasteiger partial charge in [0.2, 0.25) is 0 Å². The lowest BCUT2D eigenvalue weighted by molar-refractivity contribution is 0.145. The van der Waals surface area contributed by atoms with Crippen LogP contribution in [-0.4, -0.2) is 31.0 Å². The summed E-state index contributed by atoms with van der Waals surface area (Å²) >= 11 is 0. The van der Waals surface area contributed by atoms with Gasteiger partial charge in [-0.25, -0.2) is 14.6 Å². The van der Waals surface area contributed by atoms with E-state index in [-0.39, 0.29) is 0 Å². The third-order valence-electron chi connectivity index (χ3n) is 4.21. The molecule has 0 aliphatic heterocycles. The second-order valence-corrected chi connectivity index (χ2v) is 5.79. The minimum atomic E-state index is -0.426. The molecule has 1 unspecified atom stereocenters. The summed E-state index contributed by atoms with van der Waals surface area (Å²) in [6, 6.07) is 0. The second-order valence-electron chi connectivity index (χ2n) is 5.79. The van der Waals surface area contributed by atoms with Crippen LogP contribution in [0.5, 0.6) is 0 Å². The van der Waals surface area contributed by atoms with E-state index in [0.717, 1.165) is 24.4 Å². The van der Waals surface area contributed by atoms with Crippen LogP contribution in [0.25, 0.3) is 11.6 Å². The van der Waals surface area contributed by atoms with Crippen LogP contribution in [0.4, 0.5) is 0 Å². The summed E-state index contributed by atoms with van der Waals surface area (Å²) < 4.78 is 7.24. The van der Waals surface area contributed by atoms with Gasteiger partial charge < -0.3 is 9.52 Å². The molecule has 1 aliphatic carbocycles. The van der Waals surface area contributed by atoms with E-state index >= 15 is 0 Å². The van der Waals surface area contributed by atoms with E-state index in [1.807, 2.05) is 13.8 Å². The van der Waals surface area contributed by atoms with Crippen molar-refractivity contribution in [3.63, 3.8) is 0 Å². The first-order chi connectivity index (χ1) is 10.2. The number of nitrogens with zero attached hydrogens (tertiary/aromatic N) is 4. The van der Waals surface area contributed by atoms with Gasteiger partial charge in [-0.1, -0.05) is 19.8 Å². The molecule has 2 aromatic heterocycles. The number of aryl methyl sites for hydroxylation is 1. The van der Waals surface area contributed by atoms with Crippen molar-refractivity contribution in [2.75, 3.05) is 0 Å². The molecule has 2 aromatic rings. The van der Waals surface area contributed by atoms with Gasteiger partial charge >= 0.3 is 0 Å². The minimum Gasteiger partial charge on any atom is -0.440 e. The van der Waals surface area contributed by atoms with Crippen LogP contribution in [0.3, 0.4) is 0 Å². The molecule has 1 fully saturated rings. The van der Waals surface area contributed by atoms with Crippen molar-refractivity contribution in [3.8, 4) is 11.6 Å². The van der Waals surface area contributed by atoms with Crippen LogP contribution < -0.4 is 0 Å². The first-order valence-corrected chi connectivity index (χ1v) is 7.72. The van der Waals surface area contributed by atoms with Crippen LogP contribution in [0.2, 0.25) is 0 Å². The highest BCUT2D eigenvalue weighted by Crippen LogP contribution is 2.33. The van der Waals surface area contributed by atoms with Crippen molar-refractivity contribution in [1.29, 1.82) is 0 Å². The number of oxazole rings is 1. The van der Waals surface area contributed by atoms with Gasteiger partial charge in [0.1, 0.15) is 0 Å². The summed E-state index contributed by atoms with van der Waals surface area (Å²) in [7, 11) is 0. The fourth-order valence-corrected chi connectivity index (χ4v) is 2.86. The maximum Gasteiger partial charge on any atom is 0.196 e. The lowest BCUT2D eigenvalue weighted by Gasteiger charge is -2.09. The quantitative estimate of drug-likeness (QED) is 0.916. The largest absolute Gasteiger partial charge is 0.440 e. The number of aromatic nitrogens is 4. The maximum atomic E-state index is 9.94. The third-order valence-corrected chi connectivity index (χ3v) is 4.21. The first-order valence-electron chi connectivity index (χ1n) is 7.72. The van der Waals surface area contributed by atoms with Gasteiger partial charge in [0, 0.05) is 5.92 Å². The monoisotopic (exact) mass is 290 g/mol. The summed E-state index contributed by atoms with van der Waals surface area (Å²) in [5.41, 5.74) is 0.799. The summed E-state index contributed by atoms with van der Waals surface area (Å²) in [5.74, 6) is 2.64. The van der Waals surface area contributed by atoms with E-state index in [1.54, 1.807) is 4.68 Å². The molecular weight excluding hydrogens is 268 g/mol. The highest BCUT2D eigenvalue weighted by molar-refractivity contribution is 5.49. The van der Waals surface area contributed by atoms with Crippen molar-refractivity contribution in [2.45, 2.75) is 64.5 Å². The Morgan fingerprint density at radius 2 is 2.19 bits per heavy atom. The van der Waals surface area contributed by atoms with E-state index in [1.165, 1.54) is 19.2 Å². The van der Waals surface area contributed by atoms with Gasteiger partial charge in [0.15, 0.2) is 23.8 Å². The molecule has 0 amide bonds. The molecule has 6 nitrogen and oxygen atoms in total. The van der Waals surface area contributed by atoms with Crippen molar-refractivity contribution < 1.29 is 9.52 Å². The lowest BCUT2D eigenvalue weighted by atomic mass is 10.1. The van der Waals surface area contributed by atoms with Crippen LogP contribution in [0.15, 0.2) is 10.8 Å². The standard InChI is InChI=1S/C15H22N4O2/c1-3-12(20)8-19-15(13-10(2)16-9-21-13)17-14(18-19)11-6-4-5-7-11/h9,11-12,20H,3-8H2,1-2H3. The van der Waals surface area contributed by atoms with Gasteiger partial charge in [-0.15, -0.1) is 0 Å². The number of hydrogen-bond acceptors (Lipinski definition) is 5. The zero-order chi connectivity index (χ0) is 14.8. The van der Waals surface area contributed by atoms with Gasteiger partial charge in [-0.3, -0.25) is 0 Å². The van der Waals surface area contributed by atoms with Gasteiger partial charge in [0.25, 0.3) is 0 Å². The Morgan fingerprint density at radius 1 is 1.43 bits per heavy atom. The van der Waals surface area contributed by atoms with Crippen molar-refractivity contribution in [3.05, 3.63) is 17.9 Å². The average Bonchev–Trinajstić information content (AvgIpc) is 3.18. The normalized spacial score (nSPS) is 17.5. The van der Waals surface area contributed by atoms with Crippen LogP contribution in [0.1, 0.15) is 56.5 Å². The molecule has 0 saturated heterocycles. The van der Waals surface area contributed by atoms with Crippen LogP contribution in [-0.2, 0) is 6.54 Å². The predicted molar refractivity (Wildman–Crippen MR) is 77.8 cm³/mol. The Labute approximate surface area is 124 Å². The Hall–Kier alpha value is -1.69. The number of hydrogen-bond donors (Lipinski definition) is 1. The van der Waals surface area contributed by atoms with E-state index in [2.05, 4.69) is 15.1 Å². The SMILES string of the molecule is CCC(O)Cn1nc(C2CCCC2)nc1-c1ocnc1C. The topological polar surface area (TPSA) is 77.0 Å². The highest BCUT2D eigenvalue weighted by Gasteiger charge is 2.25. The summed E-state index contributed by atoms with van der Waals surface area (Å²) in [4.78, 5) is 8.82. The van der Waals surface area contributed by atoms with Gasteiger partial charge in [-0.2, -0.15) is 5.10 Å².